The van der Waals surface area contributed by atoms with E-state index in [0.29, 0.717) is 15.6 Å². The maximum Gasteiger partial charge on any atom is 0.190 e. The fourth-order valence-electron chi connectivity index (χ4n) is 2.07. The number of halogens is 2. The highest BCUT2D eigenvalue weighted by Gasteiger charge is 2.16. The number of benzene rings is 1. The van der Waals surface area contributed by atoms with Gasteiger partial charge in [0.05, 0.1) is 5.02 Å². The summed E-state index contributed by atoms with van der Waals surface area (Å²) in [6.45, 7) is 0. The molecule has 0 aromatic heterocycles. The predicted octanol–water partition coefficient (Wildman–Crippen LogP) is 5.07. The van der Waals surface area contributed by atoms with Crippen molar-refractivity contribution < 1.29 is 4.79 Å². The van der Waals surface area contributed by atoms with E-state index in [0.717, 1.165) is 24.8 Å². The summed E-state index contributed by atoms with van der Waals surface area (Å²) in [5.74, 6) is 0.0272. The number of hydrogen-bond donors (Lipinski definition) is 0. The van der Waals surface area contributed by atoms with Crippen molar-refractivity contribution in [1.82, 2.24) is 0 Å². The minimum Gasteiger partial charge on any atom is -0.289 e. The van der Waals surface area contributed by atoms with Crippen LogP contribution in [0.5, 0.6) is 0 Å². The minimum absolute atomic E-state index is 0.0272. The number of ketones is 1. The van der Waals surface area contributed by atoms with Gasteiger partial charge in [-0.1, -0.05) is 35.7 Å². The van der Waals surface area contributed by atoms with Gasteiger partial charge in [-0.3, -0.25) is 4.79 Å². The molecule has 1 aliphatic carbocycles. The second-order valence-corrected chi connectivity index (χ2v) is 5.13. The third kappa shape index (κ3) is 3.11. The van der Waals surface area contributed by atoms with Crippen LogP contribution in [0.4, 0.5) is 0 Å². The van der Waals surface area contributed by atoms with E-state index in [9.17, 15) is 4.79 Å². The fraction of sp³-hybridized carbons (Fsp3) is 0.357. The van der Waals surface area contributed by atoms with Gasteiger partial charge in [0, 0.05) is 10.6 Å². The van der Waals surface area contributed by atoms with Crippen molar-refractivity contribution in [2.24, 2.45) is 0 Å². The highest BCUT2D eigenvalue weighted by molar-refractivity contribution is 6.36. The molecule has 3 heteroatoms. The third-order valence-electron chi connectivity index (χ3n) is 3.01. The first-order valence-electron chi connectivity index (χ1n) is 5.87. The Morgan fingerprint density at radius 3 is 2.76 bits per heavy atom. The lowest BCUT2D eigenvalue weighted by Gasteiger charge is -2.07. The molecule has 0 unspecified atom stereocenters. The highest BCUT2D eigenvalue weighted by atomic mass is 35.5. The van der Waals surface area contributed by atoms with E-state index < -0.39 is 0 Å². The van der Waals surface area contributed by atoms with Crippen LogP contribution in [0.1, 0.15) is 42.5 Å². The summed E-state index contributed by atoms with van der Waals surface area (Å²) in [4.78, 5) is 12.3. The summed E-state index contributed by atoms with van der Waals surface area (Å²) in [7, 11) is 0. The molecule has 0 fully saturated rings. The molecule has 0 spiro atoms. The summed E-state index contributed by atoms with van der Waals surface area (Å²) in [6, 6.07) is 5.02. The second kappa shape index (κ2) is 5.70. The minimum atomic E-state index is 0.0272. The van der Waals surface area contributed by atoms with E-state index in [2.05, 4.69) is 0 Å². The average Bonchev–Trinajstić information content (AvgIpc) is 2.60. The molecule has 0 aliphatic heterocycles. The van der Waals surface area contributed by atoms with Crippen molar-refractivity contribution in [1.29, 1.82) is 0 Å². The largest absolute Gasteiger partial charge is 0.289 e. The Labute approximate surface area is 111 Å². The molecule has 1 aliphatic rings. The smallest absolute Gasteiger partial charge is 0.190 e. The van der Waals surface area contributed by atoms with E-state index in [1.807, 2.05) is 6.08 Å². The van der Waals surface area contributed by atoms with Crippen LogP contribution in [0.3, 0.4) is 0 Å². The molecular weight excluding hydrogens is 255 g/mol. The van der Waals surface area contributed by atoms with Gasteiger partial charge < -0.3 is 0 Å². The monoisotopic (exact) mass is 268 g/mol. The van der Waals surface area contributed by atoms with Crippen molar-refractivity contribution in [3.8, 4) is 0 Å². The zero-order valence-corrected chi connectivity index (χ0v) is 11.0. The number of carbonyl (C=O) groups is 1. The normalized spacial score (nSPS) is 16.2. The summed E-state index contributed by atoms with van der Waals surface area (Å²) in [5.41, 5.74) is 1.40. The summed E-state index contributed by atoms with van der Waals surface area (Å²) in [6.07, 6.45) is 7.32. The van der Waals surface area contributed by atoms with Gasteiger partial charge in [0.15, 0.2) is 5.78 Å². The van der Waals surface area contributed by atoms with E-state index in [-0.39, 0.29) is 5.78 Å². The van der Waals surface area contributed by atoms with E-state index in [1.54, 1.807) is 18.2 Å². The number of rotatable bonds is 2. The summed E-state index contributed by atoms with van der Waals surface area (Å²) >= 11 is 11.9. The standard InChI is InChI=1S/C14H14Cl2O/c15-11-7-8-13(16)12(9-11)14(17)10-5-3-1-2-4-6-10/h5,7-9H,1-4,6H2. The average molecular weight is 269 g/mol. The highest BCUT2D eigenvalue weighted by Crippen LogP contribution is 2.26. The molecule has 0 atom stereocenters. The number of hydrogen-bond acceptors (Lipinski definition) is 1. The first kappa shape index (κ1) is 12.7. The van der Waals surface area contributed by atoms with E-state index in [4.69, 9.17) is 23.2 Å². The van der Waals surface area contributed by atoms with Crippen molar-refractivity contribution in [3.63, 3.8) is 0 Å². The zero-order chi connectivity index (χ0) is 12.3. The Hall–Kier alpha value is -0.790. The molecule has 0 amide bonds. The summed E-state index contributed by atoms with van der Waals surface area (Å²) in [5, 5.41) is 1.02. The van der Waals surface area contributed by atoms with Crippen LogP contribution in [0.25, 0.3) is 0 Å². The zero-order valence-electron chi connectivity index (χ0n) is 9.51. The quantitative estimate of drug-likeness (QED) is 0.685. The van der Waals surface area contributed by atoms with Crippen LogP contribution in [0.2, 0.25) is 10.0 Å². The number of Topliss-reactive ketones (excluding diaryl/α,β-unsaturated/α-hetero) is 1. The van der Waals surface area contributed by atoms with Gasteiger partial charge in [0.1, 0.15) is 0 Å². The lowest BCUT2D eigenvalue weighted by Crippen LogP contribution is -2.04. The van der Waals surface area contributed by atoms with Crippen molar-refractivity contribution in [2.45, 2.75) is 32.1 Å². The molecule has 0 N–H and O–H groups in total. The first-order chi connectivity index (χ1) is 8.18. The van der Waals surface area contributed by atoms with Crippen molar-refractivity contribution in [2.75, 3.05) is 0 Å². The maximum atomic E-state index is 12.3. The molecule has 0 heterocycles. The maximum absolute atomic E-state index is 12.3. The Morgan fingerprint density at radius 2 is 1.94 bits per heavy atom. The van der Waals surface area contributed by atoms with Crippen LogP contribution in [0.15, 0.2) is 29.8 Å². The van der Waals surface area contributed by atoms with Crippen LogP contribution >= 0.6 is 23.2 Å². The number of carbonyl (C=O) groups excluding carboxylic acids is 1. The Morgan fingerprint density at radius 1 is 1.12 bits per heavy atom. The van der Waals surface area contributed by atoms with E-state index >= 15 is 0 Å². The summed E-state index contributed by atoms with van der Waals surface area (Å²) < 4.78 is 0. The SMILES string of the molecule is O=C(C1=CCCCCC1)c1cc(Cl)ccc1Cl. The lowest BCUT2D eigenvalue weighted by molar-refractivity contribution is 0.103. The molecule has 2 rings (SSSR count). The lowest BCUT2D eigenvalue weighted by atomic mass is 9.99. The van der Waals surface area contributed by atoms with Gasteiger partial charge in [-0.2, -0.15) is 0 Å². The third-order valence-corrected chi connectivity index (χ3v) is 3.57. The van der Waals surface area contributed by atoms with Crippen LogP contribution in [-0.2, 0) is 0 Å². The van der Waals surface area contributed by atoms with E-state index in [1.165, 1.54) is 12.8 Å². The predicted molar refractivity (Wildman–Crippen MR) is 72.0 cm³/mol. The second-order valence-electron chi connectivity index (χ2n) is 4.28. The molecule has 0 bridgehead atoms. The van der Waals surface area contributed by atoms with Gasteiger partial charge in [-0.15, -0.1) is 0 Å². The molecule has 0 saturated carbocycles. The number of allylic oxidation sites excluding steroid dienone is 2. The van der Waals surface area contributed by atoms with Crippen molar-refractivity contribution in [3.05, 3.63) is 45.5 Å². The van der Waals surface area contributed by atoms with Gasteiger partial charge in [-0.05, 0) is 49.5 Å². The molecule has 1 aromatic rings. The molecular formula is C14H14Cl2O. The van der Waals surface area contributed by atoms with Crippen LogP contribution in [-0.4, -0.2) is 5.78 Å². The van der Waals surface area contributed by atoms with Crippen molar-refractivity contribution >= 4 is 29.0 Å². The molecule has 1 nitrogen and oxygen atoms in total. The molecule has 0 radical (unpaired) electrons. The van der Waals surface area contributed by atoms with Gasteiger partial charge in [0.2, 0.25) is 0 Å². The van der Waals surface area contributed by atoms with Gasteiger partial charge >= 0.3 is 0 Å². The molecule has 90 valence electrons. The molecule has 1 aromatic carbocycles. The fourth-order valence-corrected chi connectivity index (χ4v) is 2.44. The first-order valence-corrected chi connectivity index (χ1v) is 6.63. The Balaban J connectivity index is 2.29. The van der Waals surface area contributed by atoms with Crippen LogP contribution < -0.4 is 0 Å². The van der Waals surface area contributed by atoms with Gasteiger partial charge in [0.25, 0.3) is 0 Å². The van der Waals surface area contributed by atoms with Gasteiger partial charge in [-0.25, -0.2) is 0 Å². The van der Waals surface area contributed by atoms with Crippen LogP contribution in [0, 0.1) is 0 Å². The molecule has 0 saturated heterocycles. The Kier molecular flexibility index (Phi) is 4.25. The molecule has 17 heavy (non-hydrogen) atoms. The Bertz CT molecular complexity index is 463. The topological polar surface area (TPSA) is 17.1 Å².